The van der Waals surface area contributed by atoms with E-state index in [4.69, 9.17) is 5.73 Å². The van der Waals surface area contributed by atoms with Gasteiger partial charge in [-0.05, 0) is 40.9 Å². The number of aromatic hydroxyl groups is 1. The molecule has 3 N–H and O–H groups in total. The minimum atomic E-state index is -0.304. The zero-order chi connectivity index (χ0) is 11.8. The van der Waals surface area contributed by atoms with Crippen molar-refractivity contribution in [2.24, 2.45) is 5.73 Å². The number of rotatable bonds is 2. The number of benzene rings is 1. The van der Waals surface area contributed by atoms with Crippen molar-refractivity contribution >= 4 is 15.9 Å². The molecular formula is C12H15BrFNO. The van der Waals surface area contributed by atoms with Crippen LogP contribution in [0.4, 0.5) is 4.39 Å². The van der Waals surface area contributed by atoms with Crippen molar-refractivity contribution in [1.82, 2.24) is 0 Å². The summed E-state index contributed by atoms with van der Waals surface area (Å²) in [7, 11) is 0. The van der Waals surface area contributed by atoms with Crippen molar-refractivity contribution in [3.63, 3.8) is 0 Å². The Balaban J connectivity index is 2.57. The summed E-state index contributed by atoms with van der Waals surface area (Å²) in [6, 6.07) is 2.67. The second kappa shape index (κ2) is 4.34. The predicted molar refractivity (Wildman–Crippen MR) is 65.0 cm³/mol. The molecule has 1 aromatic rings. The van der Waals surface area contributed by atoms with E-state index in [1.165, 1.54) is 12.1 Å². The molecule has 0 amide bonds. The molecule has 0 saturated heterocycles. The summed E-state index contributed by atoms with van der Waals surface area (Å²) in [4.78, 5) is 0. The first-order chi connectivity index (χ1) is 7.60. The number of phenolic OH excluding ortho intramolecular Hbond substituents is 1. The van der Waals surface area contributed by atoms with Crippen molar-refractivity contribution in [2.75, 3.05) is 6.54 Å². The molecule has 1 aliphatic carbocycles. The van der Waals surface area contributed by atoms with E-state index in [1.54, 1.807) is 0 Å². The fourth-order valence-electron chi connectivity index (χ4n) is 2.64. The molecule has 0 aromatic heterocycles. The van der Waals surface area contributed by atoms with Gasteiger partial charge in [0.1, 0.15) is 11.6 Å². The Morgan fingerprint density at radius 2 is 2.00 bits per heavy atom. The van der Waals surface area contributed by atoms with Gasteiger partial charge in [0.15, 0.2) is 0 Å². The highest BCUT2D eigenvalue weighted by Crippen LogP contribution is 2.46. The maximum absolute atomic E-state index is 13.9. The van der Waals surface area contributed by atoms with Gasteiger partial charge in [-0.25, -0.2) is 4.39 Å². The highest BCUT2D eigenvalue weighted by molar-refractivity contribution is 9.10. The molecule has 0 aliphatic heterocycles. The summed E-state index contributed by atoms with van der Waals surface area (Å²) in [6.07, 6.45) is 3.92. The maximum Gasteiger partial charge on any atom is 0.130 e. The van der Waals surface area contributed by atoms with Gasteiger partial charge >= 0.3 is 0 Å². The van der Waals surface area contributed by atoms with E-state index in [0.717, 1.165) is 25.7 Å². The number of nitrogens with two attached hydrogens (primary N) is 1. The molecule has 0 unspecified atom stereocenters. The SMILES string of the molecule is NCC1(c2c(F)ccc(O)c2Br)CCCC1. The molecule has 1 aliphatic rings. The van der Waals surface area contributed by atoms with Gasteiger partial charge < -0.3 is 10.8 Å². The molecule has 0 heterocycles. The van der Waals surface area contributed by atoms with Crippen LogP contribution >= 0.6 is 15.9 Å². The molecule has 2 rings (SSSR count). The van der Waals surface area contributed by atoms with Crippen LogP contribution in [0, 0.1) is 5.82 Å². The predicted octanol–water partition coefficient (Wildman–Crippen LogP) is 3.06. The van der Waals surface area contributed by atoms with E-state index in [1.807, 2.05) is 0 Å². The second-order valence-corrected chi connectivity index (χ2v) is 5.24. The van der Waals surface area contributed by atoms with Crippen LogP contribution in [0.1, 0.15) is 31.2 Å². The van der Waals surface area contributed by atoms with Gasteiger partial charge in [-0.15, -0.1) is 0 Å². The van der Waals surface area contributed by atoms with Gasteiger partial charge in [0.25, 0.3) is 0 Å². The summed E-state index contributed by atoms with van der Waals surface area (Å²) in [6.45, 7) is 0.423. The monoisotopic (exact) mass is 287 g/mol. The third-order valence-corrected chi connectivity index (χ3v) is 4.36. The zero-order valence-corrected chi connectivity index (χ0v) is 10.6. The Morgan fingerprint density at radius 3 is 2.56 bits per heavy atom. The number of hydrogen-bond acceptors (Lipinski definition) is 2. The standard InChI is InChI=1S/C12H15BrFNO/c13-11-9(16)4-3-8(14)10(11)12(7-15)5-1-2-6-12/h3-4,16H,1-2,5-7,15H2. The van der Waals surface area contributed by atoms with Crippen LogP contribution in [0.2, 0.25) is 0 Å². The van der Waals surface area contributed by atoms with E-state index >= 15 is 0 Å². The molecule has 2 nitrogen and oxygen atoms in total. The van der Waals surface area contributed by atoms with Crippen LogP contribution in [-0.4, -0.2) is 11.7 Å². The molecule has 0 spiro atoms. The smallest absolute Gasteiger partial charge is 0.130 e. The lowest BCUT2D eigenvalue weighted by Gasteiger charge is -2.29. The lowest BCUT2D eigenvalue weighted by Crippen LogP contribution is -2.33. The van der Waals surface area contributed by atoms with Crippen molar-refractivity contribution in [2.45, 2.75) is 31.1 Å². The number of phenols is 1. The second-order valence-electron chi connectivity index (χ2n) is 4.45. The normalized spacial score (nSPS) is 18.9. The molecule has 0 atom stereocenters. The van der Waals surface area contributed by atoms with Crippen molar-refractivity contribution < 1.29 is 9.50 Å². The van der Waals surface area contributed by atoms with Crippen LogP contribution < -0.4 is 5.73 Å². The van der Waals surface area contributed by atoms with Crippen molar-refractivity contribution in [1.29, 1.82) is 0 Å². The molecule has 0 bridgehead atoms. The summed E-state index contributed by atoms with van der Waals surface area (Å²) in [5.41, 5.74) is 6.06. The number of halogens is 2. The third kappa shape index (κ3) is 1.74. The third-order valence-electron chi connectivity index (χ3n) is 3.55. The molecule has 1 saturated carbocycles. The van der Waals surface area contributed by atoms with Crippen molar-refractivity contribution in [3.05, 3.63) is 28.0 Å². The summed E-state index contributed by atoms with van der Waals surface area (Å²) in [5, 5.41) is 9.64. The van der Waals surface area contributed by atoms with E-state index in [-0.39, 0.29) is 17.0 Å². The van der Waals surface area contributed by atoms with Gasteiger partial charge in [0.05, 0.1) is 4.47 Å². The molecule has 16 heavy (non-hydrogen) atoms. The van der Waals surface area contributed by atoms with Crippen LogP contribution in [0.5, 0.6) is 5.75 Å². The van der Waals surface area contributed by atoms with Gasteiger partial charge in [0, 0.05) is 17.5 Å². The van der Waals surface area contributed by atoms with Gasteiger partial charge in [-0.1, -0.05) is 12.8 Å². The first kappa shape index (κ1) is 11.9. The minimum Gasteiger partial charge on any atom is -0.507 e. The molecule has 1 fully saturated rings. The Kier molecular flexibility index (Phi) is 3.22. The largest absolute Gasteiger partial charge is 0.507 e. The fourth-order valence-corrected chi connectivity index (χ4v) is 3.38. The Hall–Kier alpha value is -0.610. The number of hydrogen-bond donors (Lipinski definition) is 2. The first-order valence-electron chi connectivity index (χ1n) is 5.48. The molecule has 0 radical (unpaired) electrons. The molecule has 4 heteroatoms. The maximum atomic E-state index is 13.9. The van der Waals surface area contributed by atoms with Crippen LogP contribution in [0.15, 0.2) is 16.6 Å². The lowest BCUT2D eigenvalue weighted by atomic mass is 9.78. The highest BCUT2D eigenvalue weighted by atomic mass is 79.9. The molecular weight excluding hydrogens is 273 g/mol. The zero-order valence-electron chi connectivity index (χ0n) is 8.97. The van der Waals surface area contributed by atoms with Gasteiger partial charge in [-0.3, -0.25) is 0 Å². The summed E-state index contributed by atoms with van der Waals surface area (Å²) < 4.78 is 14.4. The lowest BCUT2D eigenvalue weighted by molar-refractivity contribution is 0.413. The minimum absolute atomic E-state index is 0.0797. The Morgan fingerprint density at radius 1 is 1.38 bits per heavy atom. The van der Waals surface area contributed by atoms with Crippen LogP contribution in [0.3, 0.4) is 0 Å². The average molecular weight is 288 g/mol. The summed E-state index contributed by atoms with van der Waals surface area (Å²) >= 11 is 3.27. The van der Waals surface area contributed by atoms with Crippen LogP contribution in [-0.2, 0) is 5.41 Å². The van der Waals surface area contributed by atoms with E-state index in [2.05, 4.69) is 15.9 Å². The van der Waals surface area contributed by atoms with E-state index in [0.29, 0.717) is 16.6 Å². The van der Waals surface area contributed by atoms with Crippen molar-refractivity contribution in [3.8, 4) is 5.75 Å². The Labute approximate surface area is 103 Å². The van der Waals surface area contributed by atoms with Gasteiger partial charge in [0.2, 0.25) is 0 Å². The fraction of sp³-hybridized carbons (Fsp3) is 0.500. The summed E-state index contributed by atoms with van der Waals surface area (Å²) in [5.74, 6) is -0.201. The van der Waals surface area contributed by atoms with Gasteiger partial charge in [-0.2, -0.15) is 0 Å². The molecule has 88 valence electrons. The first-order valence-corrected chi connectivity index (χ1v) is 6.27. The topological polar surface area (TPSA) is 46.2 Å². The quantitative estimate of drug-likeness (QED) is 0.878. The van der Waals surface area contributed by atoms with Crippen LogP contribution in [0.25, 0.3) is 0 Å². The highest BCUT2D eigenvalue weighted by Gasteiger charge is 2.38. The molecule has 1 aromatic carbocycles. The Bertz CT molecular complexity index is 402. The average Bonchev–Trinajstić information content (AvgIpc) is 2.74. The van der Waals surface area contributed by atoms with E-state index in [9.17, 15) is 9.50 Å². The van der Waals surface area contributed by atoms with E-state index < -0.39 is 0 Å².